The topological polar surface area (TPSA) is 29.3 Å². The first kappa shape index (κ1) is 16.0. The number of rotatable bonds is 5. The monoisotopic (exact) mass is 306 g/mol. The Labute approximate surface area is 130 Å². The van der Waals surface area contributed by atoms with Crippen LogP contribution in [0.5, 0.6) is 0 Å². The summed E-state index contributed by atoms with van der Waals surface area (Å²) in [6.45, 7) is 3.32. The summed E-state index contributed by atoms with van der Waals surface area (Å²) in [6.07, 6.45) is 0. The fourth-order valence-corrected chi connectivity index (χ4v) is 2.65. The van der Waals surface area contributed by atoms with E-state index in [-0.39, 0.29) is 11.1 Å². The van der Waals surface area contributed by atoms with Gasteiger partial charge in [0.1, 0.15) is 5.82 Å². The molecular weight excluding hydrogens is 287 g/mol. The van der Waals surface area contributed by atoms with Gasteiger partial charge in [-0.05, 0) is 42.8 Å². The summed E-state index contributed by atoms with van der Waals surface area (Å²) in [5, 5.41) is 0.134. The van der Waals surface area contributed by atoms with Crippen molar-refractivity contribution in [3.05, 3.63) is 70.0 Å². The first-order valence-corrected chi connectivity index (χ1v) is 7.30. The molecule has 1 unspecified atom stereocenters. The smallest absolute Gasteiger partial charge is 0.141 e. The number of halogens is 2. The lowest BCUT2D eigenvalue weighted by atomic mass is 10.0. The maximum Gasteiger partial charge on any atom is 0.141 e. The van der Waals surface area contributed by atoms with E-state index in [0.717, 1.165) is 12.1 Å². The van der Waals surface area contributed by atoms with E-state index in [1.54, 1.807) is 12.1 Å². The van der Waals surface area contributed by atoms with Crippen LogP contribution in [0.4, 0.5) is 4.39 Å². The molecule has 0 aliphatic heterocycles. The second-order valence-electron chi connectivity index (χ2n) is 5.27. The number of hydrogen-bond acceptors (Lipinski definition) is 2. The van der Waals surface area contributed by atoms with Crippen molar-refractivity contribution >= 4 is 11.6 Å². The zero-order chi connectivity index (χ0) is 15.4. The number of hydrogen-bond donors (Lipinski definition) is 1. The Kier molecular flexibility index (Phi) is 5.34. The Balaban J connectivity index is 2.20. The molecule has 0 saturated heterocycles. The van der Waals surface area contributed by atoms with Gasteiger partial charge in [0.15, 0.2) is 0 Å². The lowest BCUT2D eigenvalue weighted by Gasteiger charge is -2.28. The zero-order valence-corrected chi connectivity index (χ0v) is 13.1. The maximum atomic E-state index is 13.3. The molecule has 0 bridgehead atoms. The molecule has 1 atom stereocenters. The average molecular weight is 307 g/mol. The molecule has 0 spiro atoms. The normalized spacial score (nSPS) is 12.7. The lowest BCUT2D eigenvalue weighted by molar-refractivity contribution is 0.241. The number of aryl methyl sites for hydroxylation is 1. The van der Waals surface area contributed by atoms with Gasteiger partial charge >= 0.3 is 0 Å². The van der Waals surface area contributed by atoms with E-state index in [1.165, 1.54) is 17.2 Å². The highest BCUT2D eigenvalue weighted by Gasteiger charge is 2.17. The number of nitrogens with zero attached hydrogens (tertiary/aromatic N) is 1. The van der Waals surface area contributed by atoms with Gasteiger partial charge in [-0.1, -0.05) is 41.9 Å². The third-order valence-corrected chi connectivity index (χ3v) is 4.05. The van der Waals surface area contributed by atoms with E-state index in [4.69, 9.17) is 17.3 Å². The van der Waals surface area contributed by atoms with Gasteiger partial charge in [-0.3, -0.25) is 4.90 Å². The van der Waals surface area contributed by atoms with Crippen LogP contribution in [-0.4, -0.2) is 18.5 Å². The second kappa shape index (κ2) is 7.03. The second-order valence-corrected chi connectivity index (χ2v) is 5.67. The number of likely N-dealkylation sites (N-methyl/N-ethyl adjacent to an activating group) is 1. The maximum absolute atomic E-state index is 13.3. The average Bonchev–Trinajstić information content (AvgIpc) is 2.46. The summed E-state index contributed by atoms with van der Waals surface area (Å²) < 4.78 is 13.3. The highest BCUT2D eigenvalue weighted by molar-refractivity contribution is 6.30. The van der Waals surface area contributed by atoms with Gasteiger partial charge < -0.3 is 5.73 Å². The molecule has 0 saturated carbocycles. The molecule has 4 heteroatoms. The van der Waals surface area contributed by atoms with Gasteiger partial charge in [0.2, 0.25) is 0 Å². The van der Waals surface area contributed by atoms with Crippen LogP contribution in [0.25, 0.3) is 0 Å². The molecule has 2 aromatic rings. The van der Waals surface area contributed by atoms with Crippen molar-refractivity contribution in [2.45, 2.75) is 19.5 Å². The van der Waals surface area contributed by atoms with Crippen LogP contribution in [0.3, 0.4) is 0 Å². The molecule has 2 nitrogen and oxygen atoms in total. The van der Waals surface area contributed by atoms with Gasteiger partial charge in [0.05, 0.1) is 5.02 Å². The molecule has 2 aromatic carbocycles. The minimum Gasteiger partial charge on any atom is -0.329 e. The summed E-state index contributed by atoms with van der Waals surface area (Å²) >= 11 is 5.87. The molecule has 0 fully saturated rings. The van der Waals surface area contributed by atoms with E-state index in [0.29, 0.717) is 6.54 Å². The van der Waals surface area contributed by atoms with E-state index in [2.05, 4.69) is 24.0 Å². The van der Waals surface area contributed by atoms with Crippen LogP contribution in [0.15, 0.2) is 42.5 Å². The van der Waals surface area contributed by atoms with Gasteiger partial charge in [-0.25, -0.2) is 4.39 Å². The molecule has 0 aliphatic rings. The Morgan fingerprint density at radius 3 is 2.57 bits per heavy atom. The predicted molar refractivity (Wildman–Crippen MR) is 85.9 cm³/mol. The molecule has 2 rings (SSSR count). The SMILES string of the molecule is Cc1ccccc1CN(C)C(CN)c1ccc(F)c(Cl)c1. The van der Waals surface area contributed by atoms with Crippen molar-refractivity contribution in [3.8, 4) is 0 Å². The molecule has 0 radical (unpaired) electrons. The molecule has 0 aromatic heterocycles. The summed E-state index contributed by atoms with van der Waals surface area (Å²) in [6, 6.07) is 13.0. The third kappa shape index (κ3) is 3.82. The Hall–Kier alpha value is -1.42. The highest BCUT2D eigenvalue weighted by Crippen LogP contribution is 2.25. The quantitative estimate of drug-likeness (QED) is 0.907. The van der Waals surface area contributed by atoms with E-state index in [1.807, 2.05) is 19.2 Å². The highest BCUT2D eigenvalue weighted by atomic mass is 35.5. The van der Waals surface area contributed by atoms with Crippen LogP contribution in [0, 0.1) is 12.7 Å². The molecule has 0 amide bonds. The molecule has 112 valence electrons. The Morgan fingerprint density at radius 2 is 1.95 bits per heavy atom. The zero-order valence-electron chi connectivity index (χ0n) is 12.3. The first-order valence-electron chi connectivity index (χ1n) is 6.92. The van der Waals surface area contributed by atoms with Crippen LogP contribution in [0.2, 0.25) is 5.02 Å². The van der Waals surface area contributed by atoms with Crippen LogP contribution >= 0.6 is 11.6 Å². The van der Waals surface area contributed by atoms with Crippen molar-refractivity contribution < 1.29 is 4.39 Å². The lowest BCUT2D eigenvalue weighted by Crippen LogP contribution is -2.30. The predicted octanol–water partition coefficient (Wildman–Crippen LogP) is 3.92. The van der Waals surface area contributed by atoms with Crippen molar-refractivity contribution in [1.82, 2.24) is 4.90 Å². The van der Waals surface area contributed by atoms with Crippen LogP contribution < -0.4 is 5.73 Å². The largest absolute Gasteiger partial charge is 0.329 e. The van der Waals surface area contributed by atoms with Crippen molar-refractivity contribution in [2.75, 3.05) is 13.6 Å². The fraction of sp³-hybridized carbons (Fsp3) is 0.294. The first-order chi connectivity index (χ1) is 10.0. The molecule has 2 N–H and O–H groups in total. The molecular formula is C17H20ClFN2. The van der Waals surface area contributed by atoms with E-state index in [9.17, 15) is 4.39 Å². The summed E-state index contributed by atoms with van der Waals surface area (Å²) in [7, 11) is 2.02. The molecule has 21 heavy (non-hydrogen) atoms. The van der Waals surface area contributed by atoms with Crippen molar-refractivity contribution in [3.63, 3.8) is 0 Å². The third-order valence-electron chi connectivity index (χ3n) is 3.76. The van der Waals surface area contributed by atoms with E-state index < -0.39 is 5.82 Å². The summed E-state index contributed by atoms with van der Waals surface area (Å²) in [5.41, 5.74) is 9.34. The minimum atomic E-state index is -0.405. The molecule has 0 aliphatic carbocycles. The van der Waals surface area contributed by atoms with Gasteiger partial charge in [0, 0.05) is 19.1 Å². The fourth-order valence-electron chi connectivity index (χ4n) is 2.46. The van der Waals surface area contributed by atoms with Gasteiger partial charge in [0.25, 0.3) is 0 Å². The Bertz CT molecular complexity index is 615. The van der Waals surface area contributed by atoms with Gasteiger partial charge in [-0.15, -0.1) is 0 Å². The van der Waals surface area contributed by atoms with E-state index >= 15 is 0 Å². The minimum absolute atomic E-state index is 0.00251. The number of nitrogens with two attached hydrogens (primary N) is 1. The van der Waals surface area contributed by atoms with Crippen molar-refractivity contribution in [1.29, 1.82) is 0 Å². The van der Waals surface area contributed by atoms with Gasteiger partial charge in [-0.2, -0.15) is 0 Å². The number of benzene rings is 2. The van der Waals surface area contributed by atoms with Crippen molar-refractivity contribution in [2.24, 2.45) is 5.73 Å². The molecule has 0 heterocycles. The summed E-state index contributed by atoms with van der Waals surface area (Å²) in [4.78, 5) is 2.16. The summed E-state index contributed by atoms with van der Waals surface area (Å²) in [5.74, 6) is -0.405. The van der Waals surface area contributed by atoms with Crippen LogP contribution in [-0.2, 0) is 6.54 Å². The standard InChI is InChI=1S/C17H20ClFN2/c1-12-5-3-4-6-14(12)11-21(2)17(10-20)13-7-8-16(19)15(18)9-13/h3-9,17H,10-11,20H2,1-2H3. The Morgan fingerprint density at radius 1 is 1.24 bits per heavy atom. The van der Waals surface area contributed by atoms with Crippen LogP contribution in [0.1, 0.15) is 22.7 Å².